The van der Waals surface area contributed by atoms with E-state index < -0.39 is 15.9 Å². The van der Waals surface area contributed by atoms with E-state index in [4.69, 9.17) is 10.5 Å². The lowest BCUT2D eigenvalue weighted by Gasteiger charge is -2.21. The first-order valence-corrected chi connectivity index (χ1v) is 16.6. The van der Waals surface area contributed by atoms with E-state index in [9.17, 15) is 18.0 Å². The molecule has 0 unspecified atom stereocenters. The molecule has 0 spiro atoms. The standard InChI is InChI=1S/C31H32N8O5S2/c1-18-5-7-20(8-6-18)46(42,43)39-12-10-21-29(33-24-17-45-16-22(24)28(32)41)35-31(36-30(21)39)34-23-14-25-19(13-26(23)44-4)9-11-38(25)27(40)15-37(2)3/h5-8,10,12-14,16-17H,9,11,15H2,1-4H3,(H2,32,41)(H2,33,34,35,36). The van der Waals surface area contributed by atoms with Gasteiger partial charge < -0.3 is 30.9 Å². The third kappa shape index (κ3) is 5.75. The van der Waals surface area contributed by atoms with Gasteiger partial charge in [-0.2, -0.15) is 9.97 Å². The highest BCUT2D eigenvalue weighted by molar-refractivity contribution is 7.90. The lowest BCUT2D eigenvalue weighted by atomic mass is 10.1. The van der Waals surface area contributed by atoms with Crippen LogP contribution in [0.1, 0.15) is 21.5 Å². The number of thiophene rings is 1. The van der Waals surface area contributed by atoms with Crippen LogP contribution in [-0.4, -0.2) is 73.4 Å². The summed E-state index contributed by atoms with van der Waals surface area (Å²) in [5.74, 6) is 0.129. The molecule has 6 rings (SSSR count). The van der Waals surface area contributed by atoms with Gasteiger partial charge in [0.15, 0.2) is 5.65 Å². The summed E-state index contributed by atoms with van der Waals surface area (Å²) >= 11 is 1.28. The van der Waals surface area contributed by atoms with E-state index in [0.29, 0.717) is 35.5 Å². The van der Waals surface area contributed by atoms with Gasteiger partial charge >= 0.3 is 0 Å². The van der Waals surface area contributed by atoms with Gasteiger partial charge in [0.25, 0.3) is 15.9 Å². The molecule has 2 aromatic carbocycles. The average Bonchev–Trinajstić information content (AvgIpc) is 3.75. The van der Waals surface area contributed by atoms with Gasteiger partial charge in [-0.25, -0.2) is 12.4 Å². The zero-order valence-electron chi connectivity index (χ0n) is 25.6. The molecule has 46 heavy (non-hydrogen) atoms. The van der Waals surface area contributed by atoms with Crippen molar-refractivity contribution in [2.24, 2.45) is 5.73 Å². The van der Waals surface area contributed by atoms with Gasteiger partial charge in [0.2, 0.25) is 11.9 Å². The number of carbonyl (C=O) groups excluding carboxylic acids is 2. The van der Waals surface area contributed by atoms with Crippen molar-refractivity contribution in [3.8, 4) is 5.75 Å². The quantitative estimate of drug-likeness (QED) is 0.199. The molecule has 13 nitrogen and oxygen atoms in total. The number of primary amides is 1. The van der Waals surface area contributed by atoms with Gasteiger partial charge in [-0.3, -0.25) is 9.59 Å². The number of nitrogens with one attached hydrogen (secondary N) is 2. The summed E-state index contributed by atoms with van der Waals surface area (Å²) in [7, 11) is 1.17. The summed E-state index contributed by atoms with van der Waals surface area (Å²) in [4.78, 5) is 38.0. The van der Waals surface area contributed by atoms with Crippen LogP contribution < -0.4 is 26.0 Å². The van der Waals surface area contributed by atoms with Gasteiger partial charge in [0.1, 0.15) is 11.6 Å². The first-order chi connectivity index (χ1) is 22.0. The van der Waals surface area contributed by atoms with Crippen molar-refractivity contribution in [2.75, 3.05) is 49.8 Å². The maximum atomic E-state index is 13.8. The maximum Gasteiger partial charge on any atom is 0.269 e. The third-order valence-corrected chi connectivity index (χ3v) is 9.99. The number of nitrogens with two attached hydrogens (primary N) is 1. The molecule has 0 bridgehead atoms. The fourth-order valence-electron chi connectivity index (χ4n) is 5.29. The van der Waals surface area contributed by atoms with E-state index in [1.165, 1.54) is 24.6 Å². The monoisotopic (exact) mass is 660 g/mol. The topological polar surface area (TPSA) is 165 Å². The van der Waals surface area contributed by atoms with Crippen LogP contribution in [0.3, 0.4) is 0 Å². The lowest BCUT2D eigenvalue weighted by molar-refractivity contribution is -0.119. The summed E-state index contributed by atoms with van der Waals surface area (Å²) in [6.45, 7) is 2.67. The number of nitrogens with zero attached hydrogens (tertiary/aromatic N) is 5. The molecule has 1 aliphatic rings. The second-order valence-corrected chi connectivity index (χ2v) is 13.6. The molecule has 0 saturated heterocycles. The number of hydrogen-bond donors (Lipinski definition) is 3. The number of hydrogen-bond acceptors (Lipinski definition) is 11. The number of aromatic nitrogens is 3. The Hall–Kier alpha value is -4.99. The van der Waals surface area contributed by atoms with Crippen LogP contribution in [0, 0.1) is 6.92 Å². The molecule has 0 fully saturated rings. The summed E-state index contributed by atoms with van der Waals surface area (Å²) in [5.41, 5.74) is 9.46. The largest absolute Gasteiger partial charge is 0.495 e. The van der Waals surface area contributed by atoms with Crippen LogP contribution in [0.5, 0.6) is 5.75 Å². The van der Waals surface area contributed by atoms with Crippen LogP contribution in [0.2, 0.25) is 0 Å². The van der Waals surface area contributed by atoms with E-state index in [0.717, 1.165) is 20.8 Å². The molecule has 3 aromatic heterocycles. The van der Waals surface area contributed by atoms with Crippen molar-refractivity contribution in [2.45, 2.75) is 18.2 Å². The number of amides is 2. The maximum absolute atomic E-state index is 13.8. The van der Waals surface area contributed by atoms with E-state index in [1.54, 1.807) is 46.0 Å². The number of anilines is 5. The van der Waals surface area contributed by atoms with Crippen LogP contribution >= 0.6 is 11.3 Å². The lowest BCUT2D eigenvalue weighted by Crippen LogP contribution is -2.36. The predicted octanol–water partition coefficient (Wildman–Crippen LogP) is 4.08. The Morgan fingerprint density at radius 1 is 1.07 bits per heavy atom. The molecule has 0 atom stereocenters. The molecule has 0 radical (unpaired) electrons. The molecular formula is C31H32N8O5S2. The summed E-state index contributed by atoms with van der Waals surface area (Å²) < 4.78 is 34.4. The highest BCUT2D eigenvalue weighted by atomic mass is 32.2. The highest BCUT2D eigenvalue weighted by Crippen LogP contribution is 2.39. The Labute approximate surface area is 269 Å². The second-order valence-electron chi connectivity index (χ2n) is 11.1. The molecule has 0 aliphatic carbocycles. The zero-order chi connectivity index (χ0) is 32.7. The molecule has 0 saturated carbocycles. The smallest absolute Gasteiger partial charge is 0.269 e. The summed E-state index contributed by atoms with van der Waals surface area (Å²) in [6, 6.07) is 11.8. The van der Waals surface area contributed by atoms with Crippen molar-refractivity contribution in [3.05, 3.63) is 76.1 Å². The zero-order valence-corrected chi connectivity index (χ0v) is 27.2. The van der Waals surface area contributed by atoms with Crippen molar-refractivity contribution in [1.82, 2.24) is 18.8 Å². The van der Waals surface area contributed by atoms with Gasteiger partial charge in [0.05, 0.1) is 40.9 Å². The van der Waals surface area contributed by atoms with E-state index in [2.05, 4.69) is 20.6 Å². The van der Waals surface area contributed by atoms with E-state index in [1.807, 2.05) is 38.1 Å². The van der Waals surface area contributed by atoms with E-state index >= 15 is 0 Å². The SMILES string of the molecule is COc1cc2c(cc1Nc1nc(Nc3cscc3C(N)=O)c3ccn(S(=O)(=O)c4ccc(C)cc4)c3n1)N(C(=O)CN(C)C)CC2. The summed E-state index contributed by atoms with van der Waals surface area (Å²) in [6.07, 6.45) is 2.09. The van der Waals surface area contributed by atoms with Crippen molar-refractivity contribution in [3.63, 3.8) is 0 Å². The molecule has 4 N–H and O–H groups in total. The van der Waals surface area contributed by atoms with Crippen LogP contribution in [0.25, 0.3) is 11.0 Å². The summed E-state index contributed by atoms with van der Waals surface area (Å²) in [5, 5.41) is 10.1. The van der Waals surface area contributed by atoms with Gasteiger partial charge in [0, 0.05) is 29.2 Å². The molecule has 238 valence electrons. The average molecular weight is 661 g/mol. The number of carbonyl (C=O) groups is 2. The fraction of sp³-hybridized carbons (Fsp3) is 0.226. The minimum absolute atomic E-state index is 0.0378. The van der Waals surface area contributed by atoms with Crippen LogP contribution in [-0.2, 0) is 21.2 Å². The molecule has 1 aliphatic heterocycles. The van der Waals surface area contributed by atoms with Crippen molar-refractivity contribution in [1.29, 1.82) is 0 Å². The number of fused-ring (bicyclic) bond motifs is 2. The number of ether oxygens (including phenoxy) is 1. The van der Waals surface area contributed by atoms with Crippen LogP contribution in [0.15, 0.2) is 64.3 Å². The number of benzene rings is 2. The number of likely N-dealkylation sites (N-methyl/N-ethyl adjacent to an activating group) is 1. The third-order valence-electron chi connectivity index (χ3n) is 7.56. The number of methoxy groups -OCH3 is 1. The molecular weight excluding hydrogens is 629 g/mol. The Bertz CT molecular complexity index is 2090. The Morgan fingerprint density at radius 2 is 1.83 bits per heavy atom. The molecule has 4 heterocycles. The second kappa shape index (κ2) is 12.1. The molecule has 5 aromatic rings. The van der Waals surface area contributed by atoms with Crippen molar-refractivity contribution < 1.29 is 22.7 Å². The van der Waals surface area contributed by atoms with Crippen LogP contribution in [0.4, 0.5) is 28.8 Å². The van der Waals surface area contributed by atoms with Gasteiger partial charge in [-0.1, -0.05) is 17.7 Å². The van der Waals surface area contributed by atoms with Crippen molar-refractivity contribution >= 4 is 73.0 Å². The normalized spacial score (nSPS) is 12.8. The first kappa shape index (κ1) is 31.0. The highest BCUT2D eigenvalue weighted by Gasteiger charge is 2.28. The van der Waals surface area contributed by atoms with Gasteiger partial charge in [-0.15, -0.1) is 11.3 Å². The molecule has 15 heteroatoms. The molecule has 2 amide bonds. The van der Waals surface area contributed by atoms with E-state index in [-0.39, 0.29) is 40.3 Å². The Morgan fingerprint density at radius 3 is 2.52 bits per heavy atom. The Balaban J connectivity index is 1.48. The fourth-order valence-corrected chi connectivity index (χ4v) is 7.35. The number of aryl methyl sites for hydroxylation is 1. The number of rotatable bonds is 10. The Kier molecular flexibility index (Phi) is 8.14. The minimum Gasteiger partial charge on any atom is -0.495 e. The first-order valence-electron chi connectivity index (χ1n) is 14.2. The predicted molar refractivity (Wildman–Crippen MR) is 178 cm³/mol. The van der Waals surface area contributed by atoms with Gasteiger partial charge in [-0.05, 0) is 63.3 Å². The minimum atomic E-state index is -4.05.